The van der Waals surface area contributed by atoms with Crippen LogP contribution >= 0.6 is 0 Å². The number of carbonyl (C=O) groups excluding carboxylic acids is 1. The fraction of sp³-hybridized carbons (Fsp3) is 0.857. The van der Waals surface area contributed by atoms with Gasteiger partial charge in [0, 0.05) is 25.2 Å². The van der Waals surface area contributed by atoms with E-state index < -0.39 is 5.97 Å². The zero-order chi connectivity index (χ0) is 13.8. The van der Waals surface area contributed by atoms with Gasteiger partial charge in [0.15, 0.2) is 0 Å². The van der Waals surface area contributed by atoms with Gasteiger partial charge in [-0.15, -0.1) is 0 Å². The zero-order valence-corrected chi connectivity index (χ0v) is 11.7. The Bertz CT molecular complexity index is 346. The van der Waals surface area contributed by atoms with Crippen molar-refractivity contribution in [1.82, 2.24) is 9.80 Å². The molecule has 2 unspecified atom stereocenters. The lowest BCUT2D eigenvalue weighted by Crippen LogP contribution is -2.54. The molecule has 108 valence electrons. The van der Waals surface area contributed by atoms with Gasteiger partial charge in [0.05, 0.1) is 6.42 Å². The molecule has 0 saturated carbocycles. The number of carbonyl (C=O) groups is 2. The molecule has 2 heterocycles. The van der Waals surface area contributed by atoms with E-state index in [2.05, 4.69) is 6.92 Å². The number of hydrogen-bond donors (Lipinski definition) is 1. The first-order chi connectivity index (χ1) is 9.09. The maximum Gasteiger partial charge on any atom is 0.320 e. The van der Waals surface area contributed by atoms with E-state index in [9.17, 15) is 9.59 Å². The Morgan fingerprint density at radius 1 is 1.05 bits per heavy atom. The van der Waals surface area contributed by atoms with Crippen LogP contribution in [-0.2, 0) is 4.79 Å². The molecule has 0 aliphatic carbocycles. The molecule has 5 heteroatoms. The van der Waals surface area contributed by atoms with E-state index in [-0.39, 0.29) is 24.5 Å². The van der Waals surface area contributed by atoms with Gasteiger partial charge < -0.3 is 14.9 Å². The maximum atomic E-state index is 12.6. The summed E-state index contributed by atoms with van der Waals surface area (Å²) in [5.41, 5.74) is 0. The number of carboxylic acid groups (broad SMARTS) is 1. The predicted molar refractivity (Wildman–Crippen MR) is 72.0 cm³/mol. The van der Waals surface area contributed by atoms with Crippen molar-refractivity contribution in [2.45, 2.75) is 64.0 Å². The molecule has 0 bridgehead atoms. The molecule has 2 saturated heterocycles. The van der Waals surface area contributed by atoms with Crippen LogP contribution in [0.25, 0.3) is 0 Å². The molecular formula is C14H24N2O3. The number of aliphatic carboxylic acids is 1. The van der Waals surface area contributed by atoms with Crippen molar-refractivity contribution in [2.75, 3.05) is 13.1 Å². The van der Waals surface area contributed by atoms with Gasteiger partial charge in [-0.25, -0.2) is 4.79 Å². The van der Waals surface area contributed by atoms with Crippen LogP contribution in [-0.4, -0.2) is 52.1 Å². The van der Waals surface area contributed by atoms with Crippen LogP contribution in [0.1, 0.15) is 51.9 Å². The van der Waals surface area contributed by atoms with Gasteiger partial charge in [0.1, 0.15) is 0 Å². The summed E-state index contributed by atoms with van der Waals surface area (Å²) in [4.78, 5) is 27.3. The SMILES string of the molecule is CC1CCCCN1C(=O)N1CCCCC1CC(=O)O. The quantitative estimate of drug-likeness (QED) is 0.836. The van der Waals surface area contributed by atoms with Crippen LogP contribution in [0.2, 0.25) is 0 Å². The first-order valence-corrected chi connectivity index (χ1v) is 7.38. The lowest BCUT2D eigenvalue weighted by Gasteiger charge is -2.42. The lowest BCUT2D eigenvalue weighted by molar-refractivity contribution is -0.138. The molecule has 2 aliphatic heterocycles. The fourth-order valence-electron chi connectivity index (χ4n) is 3.21. The Labute approximate surface area is 114 Å². The Balaban J connectivity index is 2.03. The summed E-state index contributed by atoms with van der Waals surface area (Å²) in [6.07, 6.45) is 6.22. The van der Waals surface area contributed by atoms with Crippen LogP contribution in [0.15, 0.2) is 0 Å². The van der Waals surface area contributed by atoms with Crippen molar-refractivity contribution in [2.24, 2.45) is 0 Å². The normalized spacial score (nSPS) is 28.3. The van der Waals surface area contributed by atoms with Crippen molar-refractivity contribution >= 4 is 12.0 Å². The van der Waals surface area contributed by atoms with E-state index in [1.165, 1.54) is 6.42 Å². The molecular weight excluding hydrogens is 244 g/mol. The van der Waals surface area contributed by atoms with Crippen molar-refractivity contribution in [3.05, 3.63) is 0 Å². The third kappa shape index (κ3) is 3.39. The average Bonchev–Trinajstić information content (AvgIpc) is 2.38. The number of likely N-dealkylation sites (tertiary alicyclic amines) is 2. The molecule has 5 nitrogen and oxygen atoms in total. The van der Waals surface area contributed by atoms with E-state index in [4.69, 9.17) is 5.11 Å². The van der Waals surface area contributed by atoms with Gasteiger partial charge >= 0.3 is 12.0 Å². The maximum absolute atomic E-state index is 12.6. The number of nitrogens with zero attached hydrogens (tertiary/aromatic N) is 2. The van der Waals surface area contributed by atoms with Crippen LogP contribution in [0.3, 0.4) is 0 Å². The summed E-state index contributed by atoms with van der Waals surface area (Å²) < 4.78 is 0. The van der Waals surface area contributed by atoms with E-state index in [1.54, 1.807) is 4.90 Å². The van der Waals surface area contributed by atoms with Gasteiger partial charge in [0.25, 0.3) is 0 Å². The van der Waals surface area contributed by atoms with Crippen LogP contribution in [0, 0.1) is 0 Å². The highest BCUT2D eigenvalue weighted by atomic mass is 16.4. The second-order valence-corrected chi connectivity index (χ2v) is 5.76. The Morgan fingerprint density at radius 3 is 2.32 bits per heavy atom. The standard InChI is InChI=1S/C14H24N2O3/c1-11-6-2-4-8-15(11)14(19)16-9-5-3-7-12(16)10-13(17)18/h11-12H,2-10H2,1H3,(H,17,18). The molecule has 2 amide bonds. The molecule has 0 aromatic rings. The minimum atomic E-state index is -0.809. The Morgan fingerprint density at radius 2 is 1.68 bits per heavy atom. The van der Waals surface area contributed by atoms with Crippen molar-refractivity contribution in [3.8, 4) is 0 Å². The molecule has 0 aromatic carbocycles. The van der Waals surface area contributed by atoms with Crippen LogP contribution in [0.5, 0.6) is 0 Å². The molecule has 0 spiro atoms. The van der Waals surface area contributed by atoms with E-state index in [1.807, 2.05) is 4.90 Å². The number of hydrogen-bond acceptors (Lipinski definition) is 2. The number of amides is 2. The zero-order valence-electron chi connectivity index (χ0n) is 11.7. The predicted octanol–water partition coefficient (Wildman–Crippen LogP) is 2.31. The fourth-order valence-corrected chi connectivity index (χ4v) is 3.21. The van der Waals surface area contributed by atoms with E-state index in [0.29, 0.717) is 6.54 Å². The molecule has 2 aliphatic rings. The highest BCUT2D eigenvalue weighted by Gasteiger charge is 2.33. The van der Waals surface area contributed by atoms with Crippen molar-refractivity contribution in [1.29, 1.82) is 0 Å². The summed E-state index contributed by atoms with van der Waals surface area (Å²) in [6, 6.07) is 0.222. The van der Waals surface area contributed by atoms with Gasteiger partial charge in [-0.1, -0.05) is 0 Å². The summed E-state index contributed by atoms with van der Waals surface area (Å²) in [5, 5.41) is 8.98. The van der Waals surface area contributed by atoms with Crippen LogP contribution in [0.4, 0.5) is 4.79 Å². The minimum Gasteiger partial charge on any atom is -0.481 e. The van der Waals surface area contributed by atoms with Gasteiger partial charge in [-0.05, 0) is 45.4 Å². The first kappa shape index (κ1) is 14.2. The van der Waals surface area contributed by atoms with E-state index in [0.717, 1.165) is 38.6 Å². The third-order valence-corrected chi connectivity index (χ3v) is 4.33. The molecule has 19 heavy (non-hydrogen) atoms. The topological polar surface area (TPSA) is 60.9 Å². The molecule has 0 radical (unpaired) electrons. The summed E-state index contributed by atoms with van der Waals surface area (Å²) >= 11 is 0. The summed E-state index contributed by atoms with van der Waals surface area (Å²) in [7, 11) is 0. The number of rotatable bonds is 2. The third-order valence-electron chi connectivity index (χ3n) is 4.33. The Kier molecular flexibility index (Phi) is 4.66. The minimum absolute atomic E-state index is 0.0538. The number of carboxylic acids is 1. The summed E-state index contributed by atoms with van der Waals surface area (Å²) in [5.74, 6) is -0.809. The second-order valence-electron chi connectivity index (χ2n) is 5.76. The van der Waals surface area contributed by atoms with Crippen molar-refractivity contribution in [3.63, 3.8) is 0 Å². The average molecular weight is 268 g/mol. The molecule has 2 rings (SSSR count). The Hall–Kier alpha value is -1.26. The molecule has 2 atom stereocenters. The lowest BCUT2D eigenvalue weighted by atomic mass is 9.99. The smallest absolute Gasteiger partial charge is 0.320 e. The van der Waals surface area contributed by atoms with Gasteiger partial charge in [0.2, 0.25) is 0 Å². The molecule has 1 N–H and O–H groups in total. The van der Waals surface area contributed by atoms with E-state index >= 15 is 0 Å². The number of piperidine rings is 2. The largest absolute Gasteiger partial charge is 0.481 e. The summed E-state index contributed by atoms with van der Waals surface area (Å²) in [6.45, 7) is 3.61. The highest BCUT2D eigenvalue weighted by molar-refractivity contribution is 5.76. The van der Waals surface area contributed by atoms with Crippen molar-refractivity contribution < 1.29 is 14.7 Å². The molecule has 2 fully saturated rings. The monoisotopic (exact) mass is 268 g/mol. The highest BCUT2D eigenvalue weighted by Crippen LogP contribution is 2.24. The van der Waals surface area contributed by atoms with Crippen LogP contribution < -0.4 is 0 Å². The van der Waals surface area contributed by atoms with Gasteiger partial charge in [-0.3, -0.25) is 4.79 Å². The first-order valence-electron chi connectivity index (χ1n) is 7.38. The van der Waals surface area contributed by atoms with Gasteiger partial charge in [-0.2, -0.15) is 0 Å². The number of urea groups is 1. The molecule has 0 aromatic heterocycles. The second kappa shape index (κ2) is 6.26.